The standard InChI is InChI=1S/C16H27BO3/c1-12-8-7-11-18-14(12)10-9-13(2)17-19-15(3,4)16(5,6)20-17/h2,7-11H2,1,3-6H3. The average molecular weight is 278 g/mol. The quantitative estimate of drug-likeness (QED) is 0.726. The molecule has 1 saturated heterocycles. The highest BCUT2D eigenvalue weighted by atomic mass is 16.7. The molecule has 2 aliphatic rings. The fourth-order valence-electron chi connectivity index (χ4n) is 2.48. The van der Waals surface area contributed by atoms with Gasteiger partial charge in [0.05, 0.1) is 23.6 Å². The number of hydrogen-bond donors (Lipinski definition) is 0. The lowest BCUT2D eigenvalue weighted by Crippen LogP contribution is -2.41. The Labute approximate surface area is 123 Å². The van der Waals surface area contributed by atoms with Crippen LogP contribution in [-0.4, -0.2) is 24.9 Å². The molecule has 2 heterocycles. The lowest BCUT2D eigenvalue weighted by atomic mass is 9.76. The molecule has 0 unspecified atom stereocenters. The van der Waals surface area contributed by atoms with E-state index in [4.69, 9.17) is 14.0 Å². The second-order valence-electron chi connectivity index (χ2n) is 6.90. The van der Waals surface area contributed by atoms with Crippen molar-refractivity contribution in [3.63, 3.8) is 0 Å². The highest BCUT2D eigenvalue weighted by Gasteiger charge is 2.51. The third-order valence-corrected chi connectivity index (χ3v) is 4.71. The lowest BCUT2D eigenvalue weighted by molar-refractivity contribution is 0.00578. The van der Waals surface area contributed by atoms with Crippen LogP contribution in [-0.2, 0) is 14.0 Å². The van der Waals surface area contributed by atoms with E-state index in [1.807, 2.05) is 0 Å². The fraction of sp³-hybridized carbons (Fsp3) is 0.750. The number of rotatable bonds is 4. The molecule has 0 saturated carbocycles. The smallest absolute Gasteiger partial charge is 0.489 e. The van der Waals surface area contributed by atoms with Crippen LogP contribution in [0.1, 0.15) is 60.3 Å². The molecule has 0 bridgehead atoms. The summed E-state index contributed by atoms with van der Waals surface area (Å²) < 4.78 is 17.8. The zero-order valence-electron chi connectivity index (χ0n) is 13.5. The van der Waals surface area contributed by atoms with Gasteiger partial charge in [-0.25, -0.2) is 0 Å². The van der Waals surface area contributed by atoms with E-state index in [1.54, 1.807) is 0 Å². The molecule has 0 atom stereocenters. The molecule has 0 aromatic rings. The number of ether oxygens (including phenoxy) is 1. The minimum Gasteiger partial charge on any atom is -0.498 e. The highest BCUT2D eigenvalue weighted by Crippen LogP contribution is 2.39. The van der Waals surface area contributed by atoms with Gasteiger partial charge in [0.25, 0.3) is 0 Å². The van der Waals surface area contributed by atoms with Gasteiger partial charge < -0.3 is 14.0 Å². The molecule has 3 nitrogen and oxygen atoms in total. The molecule has 0 N–H and O–H groups in total. The zero-order chi connectivity index (χ0) is 15.0. The van der Waals surface area contributed by atoms with E-state index in [2.05, 4.69) is 41.2 Å². The Bertz CT molecular complexity index is 407. The molecule has 0 aliphatic carbocycles. The van der Waals surface area contributed by atoms with Gasteiger partial charge in [-0.05, 0) is 64.9 Å². The Balaban J connectivity index is 1.91. The van der Waals surface area contributed by atoms with Crippen molar-refractivity contribution >= 4 is 7.12 Å². The van der Waals surface area contributed by atoms with E-state index >= 15 is 0 Å². The van der Waals surface area contributed by atoms with Gasteiger partial charge in [0.15, 0.2) is 0 Å². The fourth-order valence-corrected chi connectivity index (χ4v) is 2.48. The average Bonchev–Trinajstić information content (AvgIpc) is 2.57. The molecule has 4 heteroatoms. The van der Waals surface area contributed by atoms with E-state index in [9.17, 15) is 0 Å². The summed E-state index contributed by atoms with van der Waals surface area (Å²) in [5.74, 6) is 1.13. The van der Waals surface area contributed by atoms with Gasteiger partial charge in [0, 0.05) is 6.42 Å². The molecular formula is C16H27BO3. The van der Waals surface area contributed by atoms with Gasteiger partial charge in [0.1, 0.15) is 0 Å². The zero-order valence-corrected chi connectivity index (χ0v) is 13.5. The van der Waals surface area contributed by atoms with Gasteiger partial charge >= 0.3 is 7.12 Å². The van der Waals surface area contributed by atoms with E-state index in [1.165, 1.54) is 5.57 Å². The number of allylic oxidation sites excluding steroid dienone is 3. The Hall–Kier alpha value is -0.735. The van der Waals surface area contributed by atoms with Crippen LogP contribution in [0.5, 0.6) is 0 Å². The Morgan fingerprint density at radius 2 is 1.80 bits per heavy atom. The second kappa shape index (κ2) is 5.57. The van der Waals surface area contributed by atoms with Crippen molar-refractivity contribution < 1.29 is 14.0 Å². The predicted molar refractivity (Wildman–Crippen MR) is 82.3 cm³/mol. The highest BCUT2D eigenvalue weighted by molar-refractivity contribution is 6.54. The van der Waals surface area contributed by atoms with Crippen LogP contribution in [0.25, 0.3) is 0 Å². The van der Waals surface area contributed by atoms with Gasteiger partial charge in [0.2, 0.25) is 0 Å². The maximum Gasteiger partial charge on any atom is 0.489 e. The van der Waals surface area contributed by atoms with E-state index in [0.29, 0.717) is 0 Å². The van der Waals surface area contributed by atoms with Crippen molar-refractivity contribution in [2.24, 2.45) is 0 Å². The van der Waals surface area contributed by atoms with Gasteiger partial charge in [-0.2, -0.15) is 0 Å². The minimum absolute atomic E-state index is 0.295. The first kappa shape index (κ1) is 15.6. The molecule has 112 valence electrons. The van der Waals surface area contributed by atoms with Crippen molar-refractivity contribution in [1.29, 1.82) is 0 Å². The topological polar surface area (TPSA) is 27.7 Å². The van der Waals surface area contributed by atoms with Crippen LogP contribution in [0.3, 0.4) is 0 Å². The summed E-state index contributed by atoms with van der Waals surface area (Å²) in [5.41, 5.74) is 1.78. The summed E-state index contributed by atoms with van der Waals surface area (Å²) in [4.78, 5) is 0. The molecule has 2 aliphatic heterocycles. The molecule has 2 rings (SSSR count). The van der Waals surface area contributed by atoms with Crippen molar-refractivity contribution in [2.75, 3.05) is 6.61 Å². The monoisotopic (exact) mass is 278 g/mol. The van der Waals surface area contributed by atoms with Crippen LogP contribution < -0.4 is 0 Å². The first-order chi connectivity index (χ1) is 9.23. The third kappa shape index (κ3) is 3.12. The summed E-state index contributed by atoms with van der Waals surface area (Å²) in [5, 5.41) is 0. The van der Waals surface area contributed by atoms with E-state index < -0.39 is 0 Å². The molecule has 0 radical (unpaired) electrons. The normalized spacial score (nSPS) is 24.8. The molecule has 0 amide bonds. The molecular weight excluding hydrogens is 251 g/mol. The first-order valence-electron chi connectivity index (χ1n) is 7.58. The second-order valence-corrected chi connectivity index (χ2v) is 6.90. The van der Waals surface area contributed by atoms with E-state index in [0.717, 1.165) is 43.5 Å². The summed E-state index contributed by atoms with van der Waals surface area (Å²) >= 11 is 0. The van der Waals surface area contributed by atoms with Crippen LogP contribution in [0.15, 0.2) is 23.4 Å². The van der Waals surface area contributed by atoms with Gasteiger partial charge in [-0.1, -0.05) is 0 Å². The Morgan fingerprint density at radius 1 is 1.20 bits per heavy atom. The summed E-state index contributed by atoms with van der Waals surface area (Å²) in [6.07, 6.45) is 4.03. The van der Waals surface area contributed by atoms with Crippen molar-refractivity contribution in [2.45, 2.75) is 71.5 Å². The molecule has 0 aromatic heterocycles. The van der Waals surface area contributed by atoms with Crippen LogP contribution in [0.2, 0.25) is 0 Å². The maximum atomic E-state index is 6.01. The Kier molecular flexibility index (Phi) is 4.36. The summed E-state index contributed by atoms with van der Waals surface area (Å²) in [7, 11) is -0.301. The number of hydrogen-bond acceptors (Lipinski definition) is 3. The van der Waals surface area contributed by atoms with Crippen LogP contribution in [0.4, 0.5) is 0 Å². The maximum absolute atomic E-state index is 6.01. The molecule has 0 aromatic carbocycles. The van der Waals surface area contributed by atoms with Crippen molar-refractivity contribution in [1.82, 2.24) is 0 Å². The first-order valence-corrected chi connectivity index (χ1v) is 7.58. The molecule has 20 heavy (non-hydrogen) atoms. The van der Waals surface area contributed by atoms with Gasteiger partial charge in [-0.15, -0.1) is 6.58 Å². The van der Waals surface area contributed by atoms with Gasteiger partial charge in [-0.3, -0.25) is 0 Å². The van der Waals surface area contributed by atoms with Crippen LogP contribution in [0, 0.1) is 0 Å². The van der Waals surface area contributed by atoms with Crippen molar-refractivity contribution in [3.05, 3.63) is 23.4 Å². The summed E-state index contributed by atoms with van der Waals surface area (Å²) in [6, 6.07) is 0. The lowest BCUT2D eigenvalue weighted by Gasteiger charge is -2.32. The predicted octanol–water partition coefficient (Wildman–Crippen LogP) is 4.04. The van der Waals surface area contributed by atoms with Crippen molar-refractivity contribution in [3.8, 4) is 0 Å². The largest absolute Gasteiger partial charge is 0.498 e. The minimum atomic E-state index is -0.301. The summed E-state index contributed by atoms with van der Waals surface area (Å²) in [6.45, 7) is 15.4. The molecule has 1 fully saturated rings. The molecule has 0 spiro atoms. The Morgan fingerprint density at radius 3 is 2.35 bits per heavy atom. The SMILES string of the molecule is C=C(CCC1=C(C)CCCO1)B1OC(C)(C)C(C)(C)O1. The van der Waals surface area contributed by atoms with Crippen LogP contribution >= 0.6 is 0 Å². The third-order valence-electron chi connectivity index (χ3n) is 4.71. The van der Waals surface area contributed by atoms with E-state index in [-0.39, 0.29) is 18.3 Å².